The lowest BCUT2D eigenvalue weighted by molar-refractivity contribution is 0.445. The summed E-state index contributed by atoms with van der Waals surface area (Å²) in [5, 5.41) is 0. The van der Waals surface area contributed by atoms with Crippen molar-refractivity contribution >= 4 is 17.1 Å². The van der Waals surface area contributed by atoms with Gasteiger partial charge in [-0.2, -0.15) is 0 Å². The van der Waals surface area contributed by atoms with Gasteiger partial charge in [0.2, 0.25) is 0 Å². The molecular formula is C13H22S. The Morgan fingerprint density at radius 3 is 1.29 bits per heavy atom. The highest BCUT2D eigenvalue weighted by molar-refractivity contribution is 7.80. The van der Waals surface area contributed by atoms with Crippen LogP contribution in [0.25, 0.3) is 0 Å². The van der Waals surface area contributed by atoms with Gasteiger partial charge in [-0.15, -0.1) is 0 Å². The molecule has 0 aromatic carbocycles. The Balaban J connectivity index is 3.14. The number of thiocarbonyl (C=S) groups is 1. The van der Waals surface area contributed by atoms with Gasteiger partial charge in [-0.1, -0.05) is 64.9 Å². The summed E-state index contributed by atoms with van der Waals surface area (Å²) in [5.41, 5.74) is 3.72. The average molecular weight is 210 g/mol. The van der Waals surface area contributed by atoms with E-state index in [1.807, 2.05) is 0 Å². The fraction of sp³-hybridized carbons (Fsp3) is 0.769. The summed E-state index contributed by atoms with van der Waals surface area (Å²) < 4.78 is 0. The van der Waals surface area contributed by atoms with E-state index in [4.69, 9.17) is 12.2 Å². The van der Waals surface area contributed by atoms with Crippen LogP contribution in [0.2, 0.25) is 0 Å². The Hall–Kier alpha value is -0.170. The minimum atomic E-state index is 0.281. The van der Waals surface area contributed by atoms with Gasteiger partial charge in [0.25, 0.3) is 0 Å². The molecule has 1 aliphatic carbocycles. The van der Waals surface area contributed by atoms with Crippen LogP contribution >= 0.6 is 12.2 Å². The molecule has 0 N–H and O–H groups in total. The van der Waals surface area contributed by atoms with E-state index >= 15 is 0 Å². The van der Waals surface area contributed by atoms with E-state index in [2.05, 4.69) is 41.5 Å². The zero-order valence-electron chi connectivity index (χ0n) is 10.3. The van der Waals surface area contributed by atoms with E-state index in [1.54, 1.807) is 11.1 Å². The first-order valence-corrected chi connectivity index (χ1v) is 5.78. The van der Waals surface area contributed by atoms with E-state index in [0.717, 1.165) is 12.8 Å². The third kappa shape index (κ3) is 2.44. The fourth-order valence-corrected chi connectivity index (χ4v) is 2.39. The summed E-state index contributed by atoms with van der Waals surface area (Å²) in [4.78, 5) is 1.22. The monoisotopic (exact) mass is 210 g/mol. The number of rotatable bonds is 0. The van der Waals surface area contributed by atoms with Gasteiger partial charge in [0, 0.05) is 17.7 Å². The lowest BCUT2D eigenvalue weighted by atomic mass is 9.76. The molecule has 1 heteroatoms. The predicted octanol–water partition coefficient (Wildman–Crippen LogP) is 4.54. The minimum absolute atomic E-state index is 0.281. The first kappa shape index (κ1) is 11.9. The van der Waals surface area contributed by atoms with Crippen LogP contribution in [0.5, 0.6) is 0 Å². The zero-order chi connectivity index (χ0) is 11.1. The van der Waals surface area contributed by atoms with Crippen molar-refractivity contribution in [2.75, 3.05) is 0 Å². The Morgan fingerprint density at radius 1 is 0.786 bits per heavy atom. The van der Waals surface area contributed by atoms with Gasteiger partial charge in [0.1, 0.15) is 0 Å². The van der Waals surface area contributed by atoms with Crippen LogP contribution < -0.4 is 0 Å². The molecule has 0 bridgehead atoms. The highest BCUT2D eigenvalue weighted by Gasteiger charge is 2.32. The molecule has 0 radical (unpaired) electrons. The molecule has 0 heterocycles. The molecule has 1 aliphatic rings. The van der Waals surface area contributed by atoms with Crippen LogP contribution in [0, 0.1) is 10.8 Å². The van der Waals surface area contributed by atoms with Crippen molar-refractivity contribution in [1.82, 2.24) is 0 Å². The molecule has 0 amide bonds. The number of allylic oxidation sites excluding steroid dienone is 2. The van der Waals surface area contributed by atoms with Crippen molar-refractivity contribution in [2.45, 2.75) is 54.4 Å². The highest BCUT2D eigenvalue weighted by atomic mass is 32.1. The molecule has 0 nitrogen and oxygen atoms in total. The molecule has 0 saturated heterocycles. The molecule has 1 rings (SSSR count). The first-order chi connectivity index (χ1) is 6.12. The van der Waals surface area contributed by atoms with Crippen LogP contribution in [0.4, 0.5) is 0 Å². The molecule has 80 valence electrons. The third-order valence-electron chi connectivity index (χ3n) is 2.92. The number of hydrogen-bond acceptors (Lipinski definition) is 1. The van der Waals surface area contributed by atoms with E-state index in [1.165, 1.54) is 4.86 Å². The predicted molar refractivity (Wildman–Crippen MR) is 67.8 cm³/mol. The molecule has 0 atom stereocenters. The van der Waals surface area contributed by atoms with Crippen molar-refractivity contribution in [3.8, 4) is 0 Å². The van der Waals surface area contributed by atoms with Crippen LogP contribution in [-0.2, 0) is 0 Å². The van der Waals surface area contributed by atoms with Crippen molar-refractivity contribution < 1.29 is 0 Å². The minimum Gasteiger partial charge on any atom is -0.0890 e. The summed E-state index contributed by atoms with van der Waals surface area (Å²) in [7, 11) is 0. The quantitative estimate of drug-likeness (QED) is 0.418. The van der Waals surface area contributed by atoms with Crippen LogP contribution in [0.1, 0.15) is 54.4 Å². The van der Waals surface area contributed by atoms with E-state index in [0.29, 0.717) is 0 Å². The van der Waals surface area contributed by atoms with Gasteiger partial charge >= 0.3 is 0 Å². The number of hydrogen-bond donors (Lipinski definition) is 0. The van der Waals surface area contributed by atoms with Gasteiger partial charge in [-0.3, -0.25) is 0 Å². The molecule has 0 aromatic heterocycles. The molecule has 0 spiro atoms. The van der Waals surface area contributed by atoms with E-state index < -0.39 is 0 Å². The summed E-state index contributed by atoms with van der Waals surface area (Å²) in [6, 6.07) is 0. The Bertz CT molecular complexity index is 253. The van der Waals surface area contributed by atoms with E-state index in [-0.39, 0.29) is 10.8 Å². The molecule has 0 fully saturated rings. The summed E-state index contributed by atoms with van der Waals surface area (Å²) >= 11 is 5.37. The van der Waals surface area contributed by atoms with Crippen LogP contribution in [0.15, 0.2) is 11.1 Å². The maximum Gasteiger partial charge on any atom is 0.000988 e. The fourth-order valence-electron chi connectivity index (χ4n) is 2.11. The van der Waals surface area contributed by atoms with Crippen LogP contribution in [0.3, 0.4) is 0 Å². The smallest absolute Gasteiger partial charge is 0.000988 e. The molecule has 0 aliphatic heterocycles. The lowest BCUT2D eigenvalue weighted by Crippen LogP contribution is -2.16. The van der Waals surface area contributed by atoms with Gasteiger partial charge in [-0.25, -0.2) is 0 Å². The van der Waals surface area contributed by atoms with E-state index in [9.17, 15) is 0 Å². The Labute approximate surface area is 93.8 Å². The second kappa shape index (κ2) is 3.44. The molecule has 0 aromatic rings. The second-order valence-corrected chi connectivity index (χ2v) is 6.93. The maximum atomic E-state index is 5.37. The topological polar surface area (TPSA) is 0 Å². The Morgan fingerprint density at radius 2 is 1.07 bits per heavy atom. The van der Waals surface area contributed by atoms with Crippen molar-refractivity contribution in [3.05, 3.63) is 11.1 Å². The van der Waals surface area contributed by atoms with Crippen molar-refractivity contribution in [3.63, 3.8) is 0 Å². The second-order valence-electron chi connectivity index (χ2n) is 6.35. The first-order valence-electron chi connectivity index (χ1n) is 5.37. The van der Waals surface area contributed by atoms with Crippen molar-refractivity contribution in [1.29, 1.82) is 0 Å². The molecule has 14 heavy (non-hydrogen) atoms. The van der Waals surface area contributed by atoms with Gasteiger partial charge in [0.05, 0.1) is 0 Å². The van der Waals surface area contributed by atoms with Gasteiger partial charge < -0.3 is 0 Å². The van der Waals surface area contributed by atoms with Crippen molar-refractivity contribution in [2.24, 2.45) is 10.8 Å². The van der Waals surface area contributed by atoms with Gasteiger partial charge in [-0.05, 0) is 10.8 Å². The lowest BCUT2D eigenvalue weighted by Gasteiger charge is -2.28. The maximum absolute atomic E-state index is 5.37. The van der Waals surface area contributed by atoms with Crippen LogP contribution in [-0.4, -0.2) is 4.86 Å². The summed E-state index contributed by atoms with van der Waals surface area (Å²) in [6.07, 6.45) is 2.09. The molecule has 0 saturated carbocycles. The standard InChI is InChI=1S/C13H22S/c1-12(2,3)10-7-9(14)8-11(10)13(4,5)6/h7-8H2,1-6H3. The zero-order valence-corrected chi connectivity index (χ0v) is 11.1. The highest BCUT2D eigenvalue weighted by Crippen LogP contribution is 2.44. The Kier molecular flexibility index (Phi) is 2.93. The SMILES string of the molecule is CC(C)(C)C1=C(C(C)(C)C)CC(=S)C1. The summed E-state index contributed by atoms with van der Waals surface area (Å²) in [5.74, 6) is 0. The molecular weight excluding hydrogens is 188 g/mol. The third-order valence-corrected chi connectivity index (χ3v) is 3.21. The normalized spacial score (nSPS) is 19.4. The molecule has 0 unspecified atom stereocenters. The van der Waals surface area contributed by atoms with Gasteiger partial charge in [0.15, 0.2) is 0 Å². The summed E-state index contributed by atoms with van der Waals surface area (Å²) in [6.45, 7) is 13.8. The largest absolute Gasteiger partial charge is 0.0890 e. The average Bonchev–Trinajstić information content (AvgIpc) is 2.27.